The van der Waals surface area contributed by atoms with E-state index < -0.39 is 0 Å². The van der Waals surface area contributed by atoms with Crippen molar-refractivity contribution in [2.45, 2.75) is 32.7 Å². The van der Waals surface area contributed by atoms with Crippen molar-refractivity contribution in [3.05, 3.63) is 108 Å². The highest BCUT2D eigenvalue weighted by atomic mass is 16.3. The number of imidazole rings is 1. The van der Waals surface area contributed by atoms with Crippen LogP contribution in [0.4, 0.5) is 0 Å². The van der Waals surface area contributed by atoms with Crippen LogP contribution in [0.2, 0.25) is 0 Å². The van der Waals surface area contributed by atoms with Crippen LogP contribution in [0.3, 0.4) is 0 Å². The number of hydrogen-bond acceptors (Lipinski definition) is 4. The fourth-order valence-corrected chi connectivity index (χ4v) is 4.81. The van der Waals surface area contributed by atoms with E-state index in [-0.39, 0.29) is 0 Å². The Labute approximate surface area is 215 Å². The lowest BCUT2D eigenvalue weighted by Gasteiger charge is -2.11. The van der Waals surface area contributed by atoms with E-state index in [0.717, 1.165) is 63.9 Å². The maximum Gasteiger partial charge on any atom is 0.227 e. The first-order valence-corrected chi connectivity index (χ1v) is 12.7. The lowest BCUT2D eigenvalue weighted by Crippen LogP contribution is -2.05. The Hall–Kier alpha value is -4.69. The molecule has 2 heterocycles. The molecule has 6 rings (SSSR count). The lowest BCUT2D eigenvalue weighted by molar-refractivity contribution is 0.620. The van der Waals surface area contributed by atoms with Gasteiger partial charge in [-0.2, -0.15) is 5.26 Å². The van der Waals surface area contributed by atoms with Crippen LogP contribution in [-0.2, 0) is 13.0 Å². The monoisotopic (exact) mass is 482 g/mol. The molecule has 6 aromatic rings. The second-order valence-electron chi connectivity index (χ2n) is 9.26. The quantitative estimate of drug-likeness (QED) is 0.233. The number of hydrogen-bond donors (Lipinski definition) is 0. The highest BCUT2D eigenvalue weighted by Gasteiger charge is 2.15. The van der Waals surface area contributed by atoms with E-state index in [2.05, 4.69) is 54.0 Å². The van der Waals surface area contributed by atoms with Gasteiger partial charge in [0.25, 0.3) is 0 Å². The molecule has 0 saturated carbocycles. The Morgan fingerprint density at radius 2 is 1.62 bits per heavy atom. The fraction of sp³-hybridized carbons (Fsp3) is 0.156. The van der Waals surface area contributed by atoms with E-state index in [1.807, 2.05) is 54.6 Å². The third-order valence-electron chi connectivity index (χ3n) is 6.78. The molecular formula is C32H26N4O. The largest absolute Gasteiger partial charge is 0.436 e. The first kappa shape index (κ1) is 22.8. The molecule has 0 radical (unpaired) electrons. The summed E-state index contributed by atoms with van der Waals surface area (Å²) in [4.78, 5) is 9.68. The number of rotatable bonds is 7. The zero-order valence-electron chi connectivity index (χ0n) is 20.7. The minimum Gasteiger partial charge on any atom is -0.436 e. The molecule has 5 heteroatoms. The van der Waals surface area contributed by atoms with Gasteiger partial charge in [-0.3, -0.25) is 0 Å². The summed E-state index contributed by atoms with van der Waals surface area (Å²) in [6.07, 6.45) is 3.13. The van der Waals surface area contributed by atoms with Crippen LogP contribution in [0.5, 0.6) is 0 Å². The van der Waals surface area contributed by atoms with Crippen molar-refractivity contribution in [1.29, 1.82) is 5.26 Å². The Morgan fingerprint density at radius 3 is 2.43 bits per heavy atom. The van der Waals surface area contributed by atoms with Crippen molar-refractivity contribution in [3.8, 4) is 28.7 Å². The second-order valence-corrected chi connectivity index (χ2v) is 9.26. The molecular weight excluding hydrogens is 456 g/mol. The summed E-state index contributed by atoms with van der Waals surface area (Å²) < 4.78 is 8.36. The highest BCUT2D eigenvalue weighted by Crippen LogP contribution is 2.29. The van der Waals surface area contributed by atoms with Gasteiger partial charge in [-0.25, -0.2) is 9.97 Å². The summed E-state index contributed by atoms with van der Waals surface area (Å²) in [6, 6.07) is 32.6. The predicted molar refractivity (Wildman–Crippen MR) is 147 cm³/mol. The zero-order valence-corrected chi connectivity index (χ0v) is 20.7. The number of unbranched alkanes of at least 4 members (excludes halogenated alkanes) is 1. The number of oxazole rings is 1. The van der Waals surface area contributed by atoms with Gasteiger partial charge in [0.15, 0.2) is 5.58 Å². The first-order valence-electron chi connectivity index (χ1n) is 12.7. The molecule has 0 bridgehead atoms. The van der Waals surface area contributed by atoms with Gasteiger partial charge < -0.3 is 8.98 Å². The summed E-state index contributed by atoms with van der Waals surface area (Å²) >= 11 is 0. The van der Waals surface area contributed by atoms with Crippen molar-refractivity contribution in [3.63, 3.8) is 0 Å². The van der Waals surface area contributed by atoms with Gasteiger partial charge in [0, 0.05) is 18.5 Å². The van der Waals surface area contributed by atoms with Gasteiger partial charge in [0.2, 0.25) is 5.89 Å². The third-order valence-corrected chi connectivity index (χ3v) is 6.78. The predicted octanol–water partition coefficient (Wildman–Crippen LogP) is 7.77. The molecule has 0 saturated heterocycles. The zero-order chi connectivity index (χ0) is 25.2. The Balaban J connectivity index is 1.38. The summed E-state index contributed by atoms with van der Waals surface area (Å²) in [5.74, 6) is 1.71. The lowest BCUT2D eigenvalue weighted by atomic mass is 9.99. The van der Waals surface area contributed by atoms with Gasteiger partial charge in [-0.15, -0.1) is 0 Å². The third kappa shape index (κ3) is 4.39. The number of fused-ring (bicyclic) bond motifs is 2. The highest BCUT2D eigenvalue weighted by molar-refractivity contribution is 5.83. The fourth-order valence-electron chi connectivity index (χ4n) is 4.81. The molecule has 0 atom stereocenters. The van der Waals surface area contributed by atoms with Crippen LogP contribution in [0.15, 0.2) is 95.4 Å². The average molecular weight is 483 g/mol. The number of aryl methyl sites for hydroxylation is 1. The average Bonchev–Trinajstić information content (AvgIpc) is 3.53. The SMILES string of the molecule is CCCCc1nc2ccc(-c3nc4ccccc4o3)cc2n1Cc1ccc(-c2ccccc2C#N)cc1. The van der Waals surface area contributed by atoms with Gasteiger partial charge in [0.1, 0.15) is 11.3 Å². The van der Waals surface area contributed by atoms with Crippen LogP contribution in [0, 0.1) is 11.3 Å². The van der Waals surface area contributed by atoms with E-state index in [0.29, 0.717) is 18.0 Å². The first-order chi connectivity index (χ1) is 18.2. The minimum atomic E-state index is 0.617. The molecule has 0 fully saturated rings. The molecule has 0 amide bonds. The molecule has 5 nitrogen and oxygen atoms in total. The van der Waals surface area contributed by atoms with Crippen LogP contribution >= 0.6 is 0 Å². The molecule has 37 heavy (non-hydrogen) atoms. The van der Waals surface area contributed by atoms with Crippen molar-refractivity contribution < 1.29 is 4.42 Å². The maximum absolute atomic E-state index is 9.48. The molecule has 0 spiro atoms. The molecule has 2 aromatic heterocycles. The smallest absolute Gasteiger partial charge is 0.227 e. The minimum absolute atomic E-state index is 0.617. The van der Waals surface area contributed by atoms with E-state index in [9.17, 15) is 5.26 Å². The van der Waals surface area contributed by atoms with Crippen molar-refractivity contribution in [1.82, 2.24) is 14.5 Å². The van der Waals surface area contributed by atoms with Crippen LogP contribution < -0.4 is 0 Å². The molecule has 0 aliphatic rings. The molecule has 0 aliphatic carbocycles. The number of nitrogens with zero attached hydrogens (tertiary/aromatic N) is 4. The van der Waals surface area contributed by atoms with Gasteiger partial charge >= 0.3 is 0 Å². The van der Waals surface area contributed by atoms with Crippen LogP contribution in [-0.4, -0.2) is 14.5 Å². The van der Waals surface area contributed by atoms with Crippen LogP contribution in [0.25, 0.3) is 44.7 Å². The van der Waals surface area contributed by atoms with Crippen molar-refractivity contribution >= 4 is 22.1 Å². The van der Waals surface area contributed by atoms with E-state index >= 15 is 0 Å². The summed E-state index contributed by atoms with van der Waals surface area (Å²) in [5, 5.41) is 9.48. The standard InChI is InChI=1S/C32H26N4O/c1-2-3-12-31-34-27-18-17-24(32-35-28-10-6-7-11-30(28)37-32)19-29(27)36(31)21-22-13-15-23(16-14-22)26-9-5-4-8-25(26)20-33/h4-11,13-19H,2-3,12,21H2,1H3. The number of benzene rings is 4. The number of para-hydroxylation sites is 2. The van der Waals surface area contributed by atoms with E-state index in [4.69, 9.17) is 14.4 Å². The van der Waals surface area contributed by atoms with E-state index in [1.54, 1.807) is 0 Å². The van der Waals surface area contributed by atoms with Crippen molar-refractivity contribution in [2.75, 3.05) is 0 Å². The number of nitriles is 1. The number of aromatic nitrogens is 3. The van der Waals surface area contributed by atoms with Gasteiger partial charge in [-0.1, -0.05) is 67.9 Å². The second kappa shape index (κ2) is 9.75. The molecule has 0 unspecified atom stereocenters. The Bertz CT molecular complexity index is 1720. The van der Waals surface area contributed by atoms with Crippen molar-refractivity contribution in [2.24, 2.45) is 0 Å². The van der Waals surface area contributed by atoms with Gasteiger partial charge in [0.05, 0.1) is 22.7 Å². The molecule has 4 aromatic carbocycles. The summed E-state index contributed by atoms with van der Waals surface area (Å²) in [5.41, 5.74) is 8.50. The molecule has 0 N–H and O–H groups in total. The maximum atomic E-state index is 9.48. The summed E-state index contributed by atoms with van der Waals surface area (Å²) in [6.45, 7) is 2.92. The van der Waals surface area contributed by atoms with Gasteiger partial charge in [-0.05, 0) is 59.5 Å². The molecule has 180 valence electrons. The van der Waals surface area contributed by atoms with E-state index in [1.165, 1.54) is 5.56 Å². The topological polar surface area (TPSA) is 67.6 Å². The Kier molecular flexibility index (Phi) is 6.00. The summed E-state index contributed by atoms with van der Waals surface area (Å²) in [7, 11) is 0. The Morgan fingerprint density at radius 1 is 0.838 bits per heavy atom. The molecule has 0 aliphatic heterocycles. The van der Waals surface area contributed by atoms with Crippen LogP contribution in [0.1, 0.15) is 36.7 Å². The normalized spacial score (nSPS) is 11.2.